The number of nitrogens with one attached hydrogen (secondary N) is 1. The second-order valence-electron chi connectivity index (χ2n) is 6.25. The number of morpholine rings is 1. The van der Waals surface area contributed by atoms with Gasteiger partial charge in [0.2, 0.25) is 0 Å². The first-order valence-electron chi connectivity index (χ1n) is 8.77. The van der Waals surface area contributed by atoms with Crippen molar-refractivity contribution in [1.29, 1.82) is 0 Å². The predicted molar refractivity (Wildman–Crippen MR) is 97.9 cm³/mol. The summed E-state index contributed by atoms with van der Waals surface area (Å²) in [6.07, 6.45) is 2.55. The predicted octanol–water partition coefficient (Wildman–Crippen LogP) is 2.36. The van der Waals surface area contributed by atoms with Crippen LogP contribution in [-0.2, 0) is 4.74 Å². The lowest BCUT2D eigenvalue weighted by molar-refractivity contribution is 0.0302. The van der Waals surface area contributed by atoms with Crippen molar-refractivity contribution in [2.24, 2.45) is 0 Å². The first kappa shape index (κ1) is 17.9. The molecule has 0 bridgehead atoms. The van der Waals surface area contributed by atoms with Gasteiger partial charge in [0.25, 0.3) is 11.8 Å². The van der Waals surface area contributed by atoms with Gasteiger partial charge in [0.15, 0.2) is 23.5 Å². The number of ether oxygens (including phenoxy) is 1. The summed E-state index contributed by atoms with van der Waals surface area (Å²) in [7, 11) is 0. The maximum Gasteiger partial charge on any atom is 0.278 e. The van der Waals surface area contributed by atoms with Crippen molar-refractivity contribution in [3.8, 4) is 11.5 Å². The summed E-state index contributed by atoms with van der Waals surface area (Å²) in [6, 6.07) is 6.79. The zero-order valence-corrected chi connectivity index (χ0v) is 15.2. The molecule has 0 radical (unpaired) electrons. The highest BCUT2D eigenvalue weighted by molar-refractivity contribution is 6.07. The number of carbonyl (C=O) groups is 2. The Kier molecular flexibility index (Phi) is 4.90. The molecule has 3 heterocycles. The largest absolute Gasteiger partial charge is 0.441 e. The van der Waals surface area contributed by atoms with Crippen molar-refractivity contribution in [1.82, 2.24) is 15.0 Å². The van der Waals surface area contributed by atoms with Crippen LogP contribution in [0.4, 0.5) is 5.69 Å². The fraction of sp³-hybridized carbons (Fsp3) is 0.263. The maximum atomic E-state index is 12.8. The molecule has 1 aliphatic rings. The number of benzene rings is 1. The van der Waals surface area contributed by atoms with Gasteiger partial charge in [-0.2, -0.15) is 0 Å². The third kappa shape index (κ3) is 3.39. The van der Waals surface area contributed by atoms with Crippen LogP contribution in [0, 0.1) is 6.92 Å². The zero-order chi connectivity index (χ0) is 19.5. The first-order chi connectivity index (χ1) is 13.6. The highest BCUT2D eigenvalue weighted by atomic mass is 16.5. The smallest absolute Gasteiger partial charge is 0.278 e. The first-order valence-corrected chi connectivity index (χ1v) is 8.77. The molecule has 3 aromatic rings. The molecule has 0 saturated carbocycles. The highest BCUT2D eigenvalue weighted by Gasteiger charge is 2.23. The maximum absolute atomic E-state index is 12.8. The Balaban J connectivity index is 1.57. The lowest BCUT2D eigenvalue weighted by Gasteiger charge is -2.27. The molecule has 0 spiro atoms. The minimum absolute atomic E-state index is 0.0817. The lowest BCUT2D eigenvalue weighted by Crippen LogP contribution is -2.41. The molecule has 28 heavy (non-hydrogen) atoms. The van der Waals surface area contributed by atoms with Gasteiger partial charge in [-0.25, -0.2) is 4.98 Å². The number of aromatic nitrogens is 2. The monoisotopic (exact) mass is 382 g/mol. The Labute approximate surface area is 160 Å². The number of carbonyl (C=O) groups excluding carboxylic acids is 2. The summed E-state index contributed by atoms with van der Waals surface area (Å²) < 4.78 is 15.4. The van der Waals surface area contributed by atoms with Crippen molar-refractivity contribution < 1.29 is 23.3 Å². The van der Waals surface area contributed by atoms with Crippen LogP contribution in [0.25, 0.3) is 11.5 Å². The van der Waals surface area contributed by atoms with Crippen molar-refractivity contribution in [2.45, 2.75) is 6.92 Å². The Morgan fingerprint density at radius 3 is 2.75 bits per heavy atom. The molecule has 1 aliphatic heterocycles. The fourth-order valence-electron chi connectivity index (χ4n) is 3.04. The van der Waals surface area contributed by atoms with E-state index in [1.165, 1.54) is 12.7 Å². The van der Waals surface area contributed by atoms with Crippen LogP contribution in [0.15, 0.2) is 45.9 Å². The molecule has 0 aliphatic carbocycles. The van der Waals surface area contributed by atoms with Gasteiger partial charge in [0.05, 0.1) is 13.2 Å². The van der Waals surface area contributed by atoms with Crippen LogP contribution < -0.4 is 5.32 Å². The van der Waals surface area contributed by atoms with Crippen molar-refractivity contribution in [3.05, 3.63) is 53.7 Å². The molecule has 2 aromatic heterocycles. The molecule has 0 unspecified atom stereocenters. The van der Waals surface area contributed by atoms with E-state index >= 15 is 0 Å². The summed E-state index contributed by atoms with van der Waals surface area (Å²) in [4.78, 5) is 31.3. The molecule has 2 amide bonds. The van der Waals surface area contributed by atoms with Crippen molar-refractivity contribution in [2.75, 3.05) is 31.6 Å². The van der Waals surface area contributed by atoms with Gasteiger partial charge in [-0.15, -0.1) is 0 Å². The zero-order valence-electron chi connectivity index (χ0n) is 15.2. The molecule has 1 fully saturated rings. The van der Waals surface area contributed by atoms with Crippen LogP contribution in [0.5, 0.6) is 0 Å². The molecular weight excluding hydrogens is 364 g/mol. The van der Waals surface area contributed by atoms with E-state index in [0.717, 1.165) is 0 Å². The van der Waals surface area contributed by atoms with Gasteiger partial charge in [-0.05, 0) is 24.6 Å². The van der Waals surface area contributed by atoms with E-state index in [1.807, 2.05) is 0 Å². The number of amides is 2. The Morgan fingerprint density at radius 2 is 2.00 bits per heavy atom. The van der Waals surface area contributed by atoms with E-state index in [9.17, 15) is 9.59 Å². The highest BCUT2D eigenvalue weighted by Crippen LogP contribution is 2.25. The molecule has 1 aromatic carbocycles. The number of hydrogen-bond donors (Lipinski definition) is 1. The van der Waals surface area contributed by atoms with Gasteiger partial charge in [0, 0.05) is 30.4 Å². The van der Waals surface area contributed by atoms with Gasteiger partial charge in [0.1, 0.15) is 6.26 Å². The minimum Gasteiger partial charge on any atom is -0.441 e. The second kappa shape index (κ2) is 7.65. The van der Waals surface area contributed by atoms with E-state index in [1.54, 1.807) is 36.1 Å². The van der Waals surface area contributed by atoms with Crippen molar-refractivity contribution in [3.63, 3.8) is 0 Å². The normalized spacial score (nSPS) is 14.1. The molecule has 9 nitrogen and oxygen atoms in total. The Morgan fingerprint density at radius 1 is 1.18 bits per heavy atom. The molecule has 9 heteroatoms. The van der Waals surface area contributed by atoms with E-state index in [-0.39, 0.29) is 17.4 Å². The molecule has 1 N–H and O–H groups in total. The standard InChI is InChI=1S/C19H18N4O5/c1-12-13(19(25)23-6-9-26-10-7-23)3-2-4-14(12)21-18(24)16-17(27-11-20-16)15-5-8-28-22-15/h2-5,8,11H,6-7,9-10H2,1H3,(H,21,24). The van der Waals surface area contributed by atoms with Crippen LogP contribution in [0.3, 0.4) is 0 Å². The average Bonchev–Trinajstić information content (AvgIpc) is 3.41. The van der Waals surface area contributed by atoms with Gasteiger partial charge in [-0.3, -0.25) is 9.59 Å². The fourth-order valence-corrected chi connectivity index (χ4v) is 3.04. The van der Waals surface area contributed by atoms with Crippen LogP contribution in [0.1, 0.15) is 26.4 Å². The number of rotatable bonds is 4. The van der Waals surface area contributed by atoms with E-state index in [0.29, 0.717) is 48.8 Å². The van der Waals surface area contributed by atoms with Crippen LogP contribution in [-0.4, -0.2) is 53.2 Å². The molecular formula is C19H18N4O5. The third-order valence-electron chi connectivity index (χ3n) is 4.56. The molecule has 1 saturated heterocycles. The SMILES string of the molecule is Cc1c(NC(=O)c2ncoc2-c2ccon2)cccc1C(=O)N1CCOCC1. The summed E-state index contributed by atoms with van der Waals surface area (Å²) in [5.74, 6) is -0.336. The number of anilines is 1. The quantitative estimate of drug-likeness (QED) is 0.737. The number of hydrogen-bond acceptors (Lipinski definition) is 7. The van der Waals surface area contributed by atoms with Gasteiger partial charge >= 0.3 is 0 Å². The van der Waals surface area contributed by atoms with Crippen LogP contribution >= 0.6 is 0 Å². The number of oxazole rings is 1. The summed E-state index contributed by atoms with van der Waals surface area (Å²) in [5.41, 5.74) is 2.20. The van der Waals surface area contributed by atoms with E-state index in [2.05, 4.69) is 15.5 Å². The third-order valence-corrected chi connectivity index (χ3v) is 4.56. The van der Waals surface area contributed by atoms with Crippen molar-refractivity contribution >= 4 is 17.5 Å². The van der Waals surface area contributed by atoms with Crippen LogP contribution in [0.2, 0.25) is 0 Å². The Hall–Kier alpha value is -3.46. The molecule has 0 atom stereocenters. The van der Waals surface area contributed by atoms with Gasteiger partial charge in [-0.1, -0.05) is 11.2 Å². The average molecular weight is 382 g/mol. The van der Waals surface area contributed by atoms with E-state index in [4.69, 9.17) is 13.7 Å². The topological polar surface area (TPSA) is 111 Å². The summed E-state index contributed by atoms with van der Waals surface area (Å²) >= 11 is 0. The van der Waals surface area contributed by atoms with Gasteiger partial charge < -0.3 is 23.9 Å². The second-order valence-corrected chi connectivity index (χ2v) is 6.25. The Bertz CT molecular complexity index is 990. The summed E-state index contributed by atoms with van der Waals surface area (Å²) in [5, 5.41) is 6.56. The minimum atomic E-state index is -0.467. The lowest BCUT2D eigenvalue weighted by atomic mass is 10.0. The summed E-state index contributed by atoms with van der Waals surface area (Å²) in [6.45, 7) is 3.95. The number of nitrogens with zero attached hydrogens (tertiary/aromatic N) is 3. The van der Waals surface area contributed by atoms with E-state index < -0.39 is 5.91 Å². The molecule has 4 rings (SSSR count). The molecule has 144 valence electrons.